The lowest BCUT2D eigenvalue weighted by Gasteiger charge is -2.12. The third-order valence-electron chi connectivity index (χ3n) is 4.51. The molecule has 0 radical (unpaired) electrons. The number of para-hydroxylation sites is 1. The molecule has 0 aliphatic carbocycles. The van der Waals surface area contributed by atoms with E-state index in [9.17, 15) is 20.2 Å². The fourth-order valence-corrected chi connectivity index (χ4v) is 3.07. The molecule has 156 valence electrons. The molecule has 0 saturated carbocycles. The van der Waals surface area contributed by atoms with E-state index in [2.05, 4.69) is 10.3 Å². The number of ether oxygens (including phenoxy) is 2. The van der Waals surface area contributed by atoms with Gasteiger partial charge in [0.1, 0.15) is 28.8 Å². The number of hydrogen-bond donors (Lipinski definition) is 1. The van der Waals surface area contributed by atoms with Gasteiger partial charge in [0.15, 0.2) is 0 Å². The first-order chi connectivity index (χ1) is 14.8. The van der Waals surface area contributed by atoms with Crippen LogP contribution in [0.15, 0.2) is 48.5 Å². The number of aromatic nitrogens is 1. The van der Waals surface area contributed by atoms with E-state index in [4.69, 9.17) is 9.47 Å². The Morgan fingerprint density at radius 1 is 1.19 bits per heavy atom. The van der Waals surface area contributed by atoms with Crippen molar-refractivity contribution in [3.8, 4) is 23.4 Å². The van der Waals surface area contributed by atoms with Crippen molar-refractivity contribution < 1.29 is 19.2 Å². The number of nitro groups is 1. The van der Waals surface area contributed by atoms with Crippen LogP contribution in [-0.4, -0.2) is 22.9 Å². The number of carbonyl (C=O) groups is 1. The molecule has 0 saturated heterocycles. The predicted octanol–water partition coefficient (Wildman–Crippen LogP) is 4.53. The van der Waals surface area contributed by atoms with Gasteiger partial charge in [-0.3, -0.25) is 14.9 Å². The van der Waals surface area contributed by atoms with E-state index < -0.39 is 4.92 Å². The van der Waals surface area contributed by atoms with Gasteiger partial charge in [0.25, 0.3) is 11.6 Å². The number of rotatable bonds is 6. The normalized spacial score (nSPS) is 10.1. The highest BCUT2D eigenvalue weighted by molar-refractivity contribution is 6.06. The van der Waals surface area contributed by atoms with Crippen LogP contribution in [0.5, 0.6) is 17.4 Å². The number of aryl methyl sites for hydroxylation is 1. The van der Waals surface area contributed by atoms with Crippen LogP contribution in [-0.2, 0) is 0 Å². The Bertz CT molecular complexity index is 1220. The molecule has 0 aliphatic rings. The summed E-state index contributed by atoms with van der Waals surface area (Å²) in [6.07, 6.45) is 0. The van der Waals surface area contributed by atoms with Crippen LogP contribution in [0.1, 0.15) is 27.2 Å². The third-order valence-corrected chi connectivity index (χ3v) is 4.51. The van der Waals surface area contributed by atoms with Gasteiger partial charge in [-0.05, 0) is 38.1 Å². The SMILES string of the molecule is COc1ccccc1C(=O)Nc1cccc(Oc2nc(C)c([N+](=O)[O-])c(C)c2C#N)c1. The number of pyridine rings is 1. The lowest BCUT2D eigenvalue weighted by molar-refractivity contribution is -0.386. The van der Waals surface area contributed by atoms with Crippen LogP contribution in [0.4, 0.5) is 11.4 Å². The van der Waals surface area contributed by atoms with E-state index in [0.717, 1.165) is 0 Å². The molecule has 0 atom stereocenters. The van der Waals surface area contributed by atoms with Gasteiger partial charge in [0.05, 0.1) is 23.2 Å². The Morgan fingerprint density at radius 3 is 2.61 bits per heavy atom. The lowest BCUT2D eigenvalue weighted by Crippen LogP contribution is -2.13. The van der Waals surface area contributed by atoms with E-state index in [1.165, 1.54) is 21.0 Å². The molecular weight excluding hydrogens is 400 g/mol. The Balaban J connectivity index is 1.89. The summed E-state index contributed by atoms with van der Waals surface area (Å²) >= 11 is 0. The lowest BCUT2D eigenvalue weighted by atomic mass is 10.1. The fraction of sp³-hybridized carbons (Fsp3) is 0.136. The van der Waals surface area contributed by atoms with Crippen LogP contribution in [0, 0.1) is 35.3 Å². The zero-order valence-corrected chi connectivity index (χ0v) is 17.0. The number of hydrogen-bond acceptors (Lipinski definition) is 7. The van der Waals surface area contributed by atoms with Crippen molar-refractivity contribution in [2.75, 3.05) is 12.4 Å². The summed E-state index contributed by atoms with van der Waals surface area (Å²) in [5, 5.41) is 23.5. The number of nitrogens with one attached hydrogen (secondary N) is 1. The maximum absolute atomic E-state index is 12.6. The number of methoxy groups -OCH3 is 1. The van der Waals surface area contributed by atoms with Crippen molar-refractivity contribution in [3.05, 3.63) is 81.0 Å². The van der Waals surface area contributed by atoms with Gasteiger partial charge < -0.3 is 14.8 Å². The maximum Gasteiger partial charge on any atom is 0.294 e. The van der Waals surface area contributed by atoms with Gasteiger partial charge in [0, 0.05) is 11.8 Å². The highest BCUT2D eigenvalue weighted by Gasteiger charge is 2.24. The van der Waals surface area contributed by atoms with E-state index in [-0.39, 0.29) is 34.3 Å². The average Bonchev–Trinajstić information content (AvgIpc) is 2.73. The summed E-state index contributed by atoms with van der Waals surface area (Å²) in [6, 6.07) is 15.2. The van der Waals surface area contributed by atoms with Gasteiger partial charge in [-0.25, -0.2) is 4.98 Å². The molecule has 2 aromatic carbocycles. The van der Waals surface area contributed by atoms with Crippen molar-refractivity contribution in [3.63, 3.8) is 0 Å². The highest BCUT2D eigenvalue weighted by atomic mass is 16.6. The molecule has 3 aromatic rings. The zero-order chi connectivity index (χ0) is 22.5. The summed E-state index contributed by atoms with van der Waals surface area (Å²) in [5.74, 6) is 0.324. The van der Waals surface area contributed by atoms with Gasteiger partial charge in [-0.1, -0.05) is 18.2 Å². The van der Waals surface area contributed by atoms with E-state index in [1.807, 2.05) is 6.07 Å². The molecule has 1 heterocycles. The molecule has 0 unspecified atom stereocenters. The van der Waals surface area contributed by atoms with E-state index >= 15 is 0 Å². The van der Waals surface area contributed by atoms with Crippen molar-refractivity contribution in [2.45, 2.75) is 13.8 Å². The van der Waals surface area contributed by atoms with Gasteiger partial charge in [-0.15, -0.1) is 0 Å². The number of benzene rings is 2. The van der Waals surface area contributed by atoms with Gasteiger partial charge in [0.2, 0.25) is 5.88 Å². The monoisotopic (exact) mass is 418 g/mol. The van der Waals surface area contributed by atoms with Crippen molar-refractivity contribution in [1.82, 2.24) is 4.98 Å². The third kappa shape index (κ3) is 4.43. The minimum atomic E-state index is -0.573. The second-order valence-electron chi connectivity index (χ2n) is 6.50. The van der Waals surface area contributed by atoms with Crippen molar-refractivity contribution >= 4 is 17.3 Å². The molecule has 0 bridgehead atoms. The van der Waals surface area contributed by atoms with Crippen LogP contribution in [0.3, 0.4) is 0 Å². The maximum atomic E-state index is 12.6. The van der Waals surface area contributed by atoms with Crippen molar-refractivity contribution in [1.29, 1.82) is 5.26 Å². The number of nitriles is 1. The first-order valence-corrected chi connectivity index (χ1v) is 9.13. The summed E-state index contributed by atoms with van der Waals surface area (Å²) < 4.78 is 10.9. The molecular formula is C22H18N4O5. The van der Waals surface area contributed by atoms with Gasteiger partial charge in [-0.2, -0.15) is 5.26 Å². The standard InChI is InChI=1S/C22H18N4O5/c1-13-18(12-23)22(24-14(2)20(13)26(28)29)31-16-8-6-7-15(11-16)25-21(27)17-9-4-5-10-19(17)30-3/h4-11H,1-3H3,(H,25,27). The molecule has 9 nitrogen and oxygen atoms in total. The molecule has 3 rings (SSSR count). The second kappa shape index (κ2) is 8.92. The Hall–Kier alpha value is -4.45. The first-order valence-electron chi connectivity index (χ1n) is 9.13. The quantitative estimate of drug-likeness (QED) is 0.460. The molecule has 1 aromatic heterocycles. The highest BCUT2D eigenvalue weighted by Crippen LogP contribution is 2.33. The molecule has 0 fully saturated rings. The molecule has 9 heteroatoms. The largest absolute Gasteiger partial charge is 0.496 e. The topological polar surface area (TPSA) is 127 Å². The van der Waals surface area contributed by atoms with E-state index in [1.54, 1.807) is 48.5 Å². The molecule has 0 aliphatic heterocycles. The predicted molar refractivity (Wildman–Crippen MR) is 113 cm³/mol. The molecule has 1 N–H and O–H groups in total. The second-order valence-corrected chi connectivity index (χ2v) is 6.50. The smallest absolute Gasteiger partial charge is 0.294 e. The van der Waals surface area contributed by atoms with Crippen LogP contribution < -0.4 is 14.8 Å². The number of amides is 1. The van der Waals surface area contributed by atoms with Crippen LogP contribution >= 0.6 is 0 Å². The van der Waals surface area contributed by atoms with Crippen LogP contribution in [0.25, 0.3) is 0 Å². The first kappa shape index (κ1) is 21.3. The molecule has 1 amide bonds. The fourth-order valence-electron chi connectivity index (χ4n) is 3.07. The minimum Gasteiger partial charge on any atom is -0.496 e. The summed E-state index contributed by atoms with van der Waals surface area (Å²) in [7, 11) is 1.48. The molecule has 0 spiro atoms. The molecule has 31 heavy (non-hydrogen) atoms. The van der Waals surface area contributed by atoms with Gasteiger partial charge >= 0.3 is 0 Å². The van der Waals surface area contributed by atoms with Crippen LogP contribution in [0.2, 0.25) is 0 Å². The van der Waals surface area contributed by atoms with Crippen molar-refractivity contribution in [2.24, 2.45) is 0 Å². The minimum absolute atomic E-state index is 0.0271. The summed E-state index contributed by atoms with van der Waals surface area (Å²) in [4.78, 5) is 27.4. The zero-order valence-electron chi connectivity index (χ0n) is 17.0. The van der Waals surface area contributed by atoms with E-state index in [0.29, 0.717) is 22.7 Å². The number of anilines is 1. The summed E-state index contributed by atoms with van der Waals surface area (Å²) in [5.41, 5.74) is 0.879. The Kier molecular flexibility index (Phi) is 6.12. The Labute approximate surface area is 178 Å². The number of carbonyl (C=O) groups excluding carboxylic acids is 1. The summed E-state index contributed by atoms with van der Waals surface area (Å²) in [6.45, 7) is 2.95. The Morgan fingerprint density at radius 2 is 1.94 bits per heavy atom. The average molecular weight is 418 g/mol. The number of nitrogens with zero attached hydrogens (tertiary/aromatic N) is 3.